The summed E-state index contributed by atoms with van der Waals surface area (Å²) in [5.41, 5.74) is 1.79. The zero-order chi connectivity index (χ0) is 15.8. The molecule has 0 radical (unpaired) electrons. The summed E-state index contributed by atoms with van der Waals surface area (Å²) in [6, 6.07) is 5.51. The minimum absolute atomic E-state index is 0.0117. The summed E-state index contributed by atoms with van der Waals surface area (Å²) in [7, 11) is 1.97. The molecule has 118 valence electrons. The molecule has 0 aliphatic heterocycles. The summed E-state index contributed by atoms with van der Waals surface area (Å²) in [6.07, 6.45) is 0. The first-order valence-corrected chi connectivity index (χ1v) is 7.81. The number of nitrogens with one attached hydrogen (secondary N) is 1. The fourth-order valence-electron chi connectivity index (χ4n) is 2.09. The molecule has 0 atom stereocenters. The number of hydrogen-bond donors (Lipinski definition) is 1. The van der Waals surface area contributed by atoms with Crippen LogP contribution >= 0.6 is 11.6 Å². The molecular weight excluding hydrogens is 286 g/mol. The van der Waals surface area contributed by atoms with E-state index < -0.39 is 0 Å². The zero-order valence-electron chi connectivity index (χ0n) is 13.4. The van der Waals surface area contributed by atoms with Crippen molar-refractivity contribution in [3.05, 3.63) is 28.8 Å². The monoisotopic (exact) mass is 311 g/mol. The summed E-state index contributed by atoms with van der Waals surface area (Å²) in [6.45, 7) is 10.6. The van der Waals surface area contributed by atoms with Crippen LogP contribution in [0.3, 0.4) is 0 Å². The number of benzene rings is 1. The Balaban J connectivity index is 2.44. The topological polar surface area (TPSA) is 35.6 Å². The van der Waals surface area contributed by atoms with Crippen molar-refractivity contribution in [1.29, 1.82) is 0 Å². The van der Waals surface area contributed by atoms with Crippen molar-refractivity contribution in [3.63, 3.8) is 0 Å². The summed E-state index contributed by atoms with van der Waals surface area (Å²) in [4.78, 5) is 16.4. The molecule has 0 saturated heterocycles. The Morgan fingerprint density at radius 3 is 2.52 bits per heavy atom. The fraction of sp³-hybridized carbons (Fsp3) is 0.562. The molecule has 1 amide bonds. The van der Waals surface area contributed by atoms with E-state index in [0.717, 1.165) is 37.4 Å². The van der Waals surface area contributed by atoms with Crippen LogP contribution in [0, 0.1) is 6.92 Å². The standard InChI is InChI=1S/C16H26ClN3O/c1-5-20(6-2)10-9-19(4)12-16(21)18-15-11-14(17)8-7-13(15)3/h7-8,11H,5-6,9-10,12H2,1-4H3,(H,18,21). The molecule has 0 spiro atoms. The van der Waals surface area contributed by atoms with Gasteiger partial charge in [0.1, 0.15) is 0 Å². The number of hydrogen-bond acceptors (Lipinski definition) is 3. The molecule has 1 aromatic carbocycles. The number of amides is 1. The van der Waals surface area contributed by atoms with Gasteiger partial charge in [0.2, 0.25) is 5.91 Å². The van der Waals surface area contributed by atoms with Gasteiger partial charge >= 0.3 is 0 Å². The van der Waals surface area contributed by atoms with Gasteiger partial charge in [-0.2, -0.15) is 0 Å². The number of nitrogens with zero attached hydrogens (tertiary/aromatic N) is 2. The highest BCUT2D eigenvalue weighted by molar-refractivity contribution is 6.31. The highest BCUT2D eigenvalue weighted by atomic mass is 35.5. The maximum atomic E-state index is 12.1. The van der Waals surface area contributed by atoms with E-state index in [1.54, 1.807) is 6.07 Å². The first kappa shape index (κ1) is 18.0. The van der Waals surface area contributed by atoms with E-state index in [0.29, 0.717) is 11.6 Å². The van der Waals surface area contributed by atoms with Gasteiger partial charge in [-0.1, -0.05) is 31.5 Å². The Hall–Kier alpha value is -1.10. The largest absolute Gasteiger partial charge is 0.325 e. The lowest BCUT2D eigenvalue weighted by molar-refractivity contribution is -0.117. The Morgan fingerprint density at radius 2 is 1.90 bits per heavy atom. The van der Waals surface area contributed by atoms with E-state index in [9.17, 15) is 4.79 Å². The first-order valence-electron chi connectivity index (χ1n) is 7.43. The number of carbonyl (C=O) groups excluding carboxylic acids is 1. The molecule has 5 heteroatoms. The first-order chi connectivity index (χ1) is 9.96. The third-order valence-corrected chi connectivity index (χ3v) is 3.81. The molecular formula is C16H26ClN3O. The normalized spacial score (nSPS) is 11.2. The van der Waals surface area contributed by atoms with E-state index in [1.807, 2.05) is 31.0 Å². The molecule has 0 bridgehead atoms. The second-order valence-electron chi connectivity index (χ2n) is 5.27. The van der Waals surface area contributed by atoms with Crippen LogP contribution < -0.4 is 5.32 Å². The summed E-state index contributed by atoms with van der Waals surface area (Å²) in [5, 5.41) is 3.55. The Kier molecular flexibility index (Phi) is 7.72. The molecule has 0 aliphatic carbocycles. The number of likely N-dealkylation sites (N-methyl/N-ethyl adjacent to an activating group) is 2. The molecule has 0 saturated carbocycles. The SMILES string of the molecule is CCN(CC)CCN(C)CC(=O)Nc1cc(Cl)ccc1C. The van der Waals surface area contributed by atoms with Crippen LogP contribution in [0.1, 0.15) is 19.4 Å². The predicted octanol–water partition coefficient (Wildman–Crippen LogP) is 2.86. The van der Waals surface area contributed by atoms with Gasteiger partial charge in [-0.3, -0.25) is 9.69 Å². The highest BCUT2D eigenvalue weighted by Gasteiger charge is 2.09. The number of rotatable bonds is 8. The molecule has 1 aromatic rings. The minimum Gasteiger partial charge on any atom is -0.325 e. The maximum Gasteiger partial charge on any atom is 0.238 e. The molecule has 4 nitrogen and oxygen atoms in total. The van der Waals surface area contributed by atoms with Crippen LogP contribution in [0.5, 0.6) is 0 Å². The van der Waals surface area contributed by atoms with Crippen LogP contribution in [-0.2, 0) is 4.79 Å². The second-order valence-corrected chi connectivity index (χ2v) is 5.71. The fourth-order valence-corrected chi connectivity index (χ4v) is 2.27. The molecule has 21 heavy (non-hydrogen) atoms. The molecule has 0 fully saturated rings. The van der Waals surface area contributed by atoms with Gasteiger partial charge in [-0.15, -0.1) is 0 Å². The van der Waals surface area contributed by atoms with Crippen molar-refractivity contribution < 1.29 is 4.79 Å². The van der Waals surface area contributed by atoms with Gasteiger partial charge < -0.3 is 10.2 Å². The Bertz CT molecular complexity index is 461. The summed E-state index contributed by atoms with van der Waals surface area (Å²) >= 11 is 5.96. The maximum absolute atomic E-state index is 12.1. The number of halogens is 1. The Morgan fingerprint density at radius 1 is 1.24 bits per heavy atom. The van der Waals surface area contributed by atoms with Gasteiger partial charge in [0.15, 0.2) is 0 Å². The van der Waals surface area contributed by atoms with Crippen molar-refractivity contribution in [3.8, 4) is 0 Å². The van der Waals surface area contributed by atoms with Crippen LogP contribution in [0.15, 0.2) is 18.2 Å². The number of anilines is 1. The van der Waals surface area contributed by atoms with Gasteiger partial charge in [0.25, 0.3) is 0 Å². The minimum atomic E-state index is -0.0117. The lowest BCUT2D eigenvalue weighted by Gasteiger charge is -2.22. The lowest BCUT2D eigenvalue weighted by Crippen LogP contribution is -2.37. The smallest absolute Gasteiger partial charge is 0.238 e. The van der Waals surface area contributed by atoms with Crippen LogP contribution in [-0.4, -0.2) is 55.5 Å². The number of aryl methyl sites for hydroxylation is 1. The van der Waals surface area contributed by atoms with Crippen LogP contribution in [0.2, 0.25) is 5.02 Å². The van der Waals surface area contributed by atoms with Crippen molar-refractivity contribution in [1.82, 2.24) is 9.80 Å². The van der Waals surface area contributed by atoms with Gasteiger partial charge in [0, 0.05) is 23.8 Å². The van der Waals surface area contributed by atoms with Crippen molar-refractivity contribution in [2.45, 2.75) is 20.8 Å². The molecule has 0 heterocycles. The zero-order valence-corrected chi connectivity index (χ0v) is 14.2. The highest BCUT2D eigenvalue weighted by Crippen LogP contribution is 2.19. The molecule has 0 unspecified atom stereocenters. The van der Waals surface area contributed by atoms with Crippen molar-refractivity contribution in [2.75, 3.05) is 45.1 Å². The molecule has 1 rings (SSSR count). The summed E-state index contributed by atoms with van der Waals surface area (Å²) in [5.74, 6) is -0.0117. The van der Waals surface area contributed by atoms with Gasteiger partial charge in [-0.05, 0) is 44.8 Å². The van der Waals surface area contributed by atoms with Crippen LogP contribution in [0.25, 0.3) is 0 Å². The summed E-state index contributed by atoms with van der Waals surface area (Å²) < 4.78 is 0. The van der Waals surface area contributed by atoms with E-state index in [1.165, 1.54) is 0 Å². The molecule has 0 aliphatic rings. The van der Waals surface area contributed by atoms with Crippen LogP contribution in [0.4, 0.5) is 5.69 Å². The lowest BCUT2D eigenvalue weighted by atomic mass is 10.2. The van der Waals surface area contributed by atoms with E-state index >= 15 is 0 Å². The van der Waals surface area contributed by atoms with Crippen molar-refractivity contribution in [2.24, 2.45) is 0 Å². The van der Waals surface area contributed by atoms with E-state index in [2.05, 4.69) is 24.1 Å². The third kappa shape index (κ3) is 6.46. The third-order valence-electron chi connectivity index (χ3n) is 3.58. The molecule has 0 aromatic heterocycles. The quantitative estimate of drug-likeness (QED) is 0.802. The van der Waals surface area contributed by atoms with E-state index in [-0.39, 0.29) is 5.91 Å². The number of carbonyl (C=O) groups is 1. The van der Waals surface area contributed by atoms with Gasteiger partial charge in [-0.25, -0.2) is 0 Å². The average Bonchev–Trinajstić information content (AvgIpc) is 2.44. The predicted molar refractivity (Wildman–Crippen MR) is 90.1 cm³/mol. The van der Waals surface area contributed by atoms with Crippen molar-refractivity contribution >= 4 is 23.2 Å². The van der Waals surface area contributed by atoms with E-state index in [4.69, 9.17) is 11.6 Å². The van der Waals surface area contributed by atoms with Gasteiger partial charge in [0.05, 0.1) is 6.54 Å². The second kappa shape index (κ2) is 9.03. The Labute approximate surface area is 133 Å². The molecule has 1 N–H and O–H groups in total. The average molecular weight is 312 g/mol.